The highest BCUT2D eigenvalue weighted by Crippen LogP contribution is 2.14. The van der Waals surface area contributed by atoms with Crippen molar-refractivity contribution in [3.8, 4) is 0 Å². The molecule has 0 N–H and O–H groups in total. The van der Waals surface area contributed by atoms with Crippen LogP contribution in [0.1, 0.15) is 15.9 Å². The van der Waals surface area contributed by atoms with Crippen LogP contribution in [0.4, 0.5) is 13.2 Å². The summed E-state index contributed by atoms with van der Waals surface area (Å²) in [6.45, 7) is 1.24. The average Bonchev–Trinajstić information content (AvgIpc) is 2.62. The Hall–Kier alpha value is -2.83. The lowest BCUT2D eigenvalue weighted by atomic mass is 10.1. The topological polar surface area (TPSA) is 40.6 Å². The highest BCUT2D eigenvalue weighted by atomic mass is 19.1. The molecule has 0 radical (unpaired) electrons. The summed E-state index contributed by atoms with van der Waals surface area (Å²) in [5.74, 6) is -2.54. The monoisotopic (exact) mass is 362 g/mol. The normalized spacial score (nSPS) is 14.4. The van der Waals surface area contributed by atoms with E-state index in [4.69, 9.17) is 0 Å². The van der Waals surface area contributed by atoms with E-state index in [-0.39, 0.29) is 36.8 Å². The number of piperazine rings is 1. The second-order valence-corrected chi connectivity index (χ2v) is 6.13. The third-order valence-electron chi connectivity index (χ3n) is 4.30. The number of carbonyl (C=O) groups excluding carboxylic acids is 2. The van der Waals surface area contributed by atoms with Gasteiger partial charge in [-0.15, -0.1) is 0 Å². The van der Waals surface area contributed by atoms with Crippen molar-refractivity contribution >= 4 is 11.8 Å². The summed E-state index contributed by atoms with van der Waals surface area (Å²) in [5, 5.41) is 0. The first kappa shape index (κ1) is 18.0. The van der Waals surface area contributed by atoms with E-state index in [1.807, 2.05) is 0 Å². The molecule has 0 aromatic heterocycles. The van der Waals surface area contributed by atoms with E-state index in [0.717, 1.165) is 12.1 Å². The van der Waals surface area contributed by atoms with Crippen LogP contribution in [-0.4, -0.2) is 47.8 Å². The Kier molecular flexibility index (Phi) is 5.25. The molecule has 0 atom stereocenters. The van der Waals surface area contributed by atoms with E-state index in [0.29, 0.717) is 24.7 Å². The zero-order valence-corrected chi connectivity index (χ0v) is 13.9. The molecule has 0 saturated carbocycles. The second-order valence-electron chi connectivity index (χ2n) is 6.13. The number of carbonyl (C=O) groups is 2. The molecule has 0 bridgehead atoms. The standard InChI is InChI=1S/C19H17F3N2O2/c20-15-3-1-13(2-4-15)9-18(25)23-5-7-24(8-6-23)19(26)14-10-16(21)12-17(22)11-14/h1-4,10-12H,5-9H2. The molecule has 0 unspecified atom stereocenters. The highest BCUT2D eigenvalue weighted by Gasteiger charge is 2.25. The van der Waals surface area contributed by atoms with E-state index in [9.17, 15) is 22.8 Å². The van der Waals surface area contributed by atoms with Crippen molar-refractivity contribution in [1.82, 2.24) is 9.80 Å². The summed E-state index contributed by atoms with van der Waals surface area (Å²) in [4.78, 5) is 27.8. The smallest absolute Gasteiger partial charge is 0.254 e. The third kappa shape index (κ3) is 4.22. The molecule has 1 aliphatic rings. The molecular weight excluding hydrogens is 345 g/mol. The second kappa shape index (κ2) is 7.59. The fourth-order valence-corrected chi connectivity index (χ4v) is 2.91. The lowest BCUT2D eigenvalue weighted by molar-refractivity contribution is -0.131. The maximum Gasteiger partial charge on any atom is 0.254 e. The van der Waals surface area contributed by atoms with Gasteiger partial charge in [0.2, 0.25) is 5.91 Å². The van der Waals surface area contributed by atoms with E-state index < -0.39 is 17.5 Å². The molecule has 2 amide bonds. The predicted octanol–water partition coefficient (Wildman–Crippen LogP) is 2.63. The van der Waals surface area contributed by atoms with Crippen molar-refractivity contribution in [2.24, 2.45) is 0 Å². The van der Waals surface area contributed by atoms with Crippen molar-refractivity contribution < 1.29 is 22.8 Å². The molecule has 2 aromatic rings. The van der Waals surface area contributed by atoms with Crippen molar-refractivity contribution in [1.29, 1.82) is 0 Å². The number of rotatable bonds is 3. The zero-order valence-electron chi connectivity index (χ0n) is 13.9. The van der Waals surface area contributed by atoms with Crippen LogP contribution in [0.2, 0.25) is 0 Å². The van der Waals surface area contributed by atoms with Gasteiger partial charge in [0.1, 0.15) is 17.5 Å². The van der Waals surface area contributed by atoms with Gasteiger partial charge < -0.3 is 9.80 Å². The number of benzene rings is 2. The van der Waals surface area contributed by atoms with Crippen molar-refractivity contribution in [3.05, 3.63) is 71.0 Å². The SMILES string of the molecule is O=C(Cc1ccc(F)cc1)N1CCN(C(=O)c2cc(F)cc(F)c2)CC1. The van der Waals surface area contributed by atoms with Crippen LogP contribution < -0.4 is 0 Å². The van der Waals surface area contributed by atoms with Gasteiger partial charge in [0.25, 0.3) is 5.91 Å². The van der Waals surface area contributed by atoms with Crippen LogP contribution in [0.3, 0.4) is 0 Å². The molecule has 4 nitrogen and oxygen atoms in total. The number of nitrogens with zero attached hydrogens (tertiary/aromatic N) is 2. The van der Waals surface area contributed by atoms with Crippen molar-refractivity contribution in [2.75, 3.05) is 26.2 Å². The van der Waals surface area contributed by atoms with Gasteiger partial charge in [-0.3, -0.25) is 9.59 Å². The Balaban J connectivity index is 1.57. The molecular formula is C19H17F3N2O2. The first-order valence-electron chi connectivity index (χ1n) is 8.20. The molecule has 0 aliphatic carbocycles. The van der Waals surface area contributed by atoms with Gasteiger partial charge in [0.05, 0.1) is 6.42 Å². The molecule has 2 aromatic carbocycles. The van der Waals surface area contributed by atoms with Gasteiger partial charge in [-0.1, -0.05) is 12.1 Å². The summed E-state index contributed by atoms with van der Waals surface area (Å²) in [6, 6.07) is 8.43. The molecule has 1 fully saturated rings. The minimum absolute atomic E-state index is 0.0476. The van der Waals surface area contributed by atoms with E-state index >= 15 is 0 Å². The van der Waals surface area contributed by atoms with Crippen LogP contribution in [0.5, 0.6) is 0 Å². The zero-order chi connectivity index (χ0) is 18.7. The Morgan fingerprint density at radius 3 is 1.88 bits per heavy atom. The van der Waals surface area contributed by atoms with Crippen molar-refractivity contribution in [3.63, 3.8) is 0 Å². The largest absolute Gasteiger partial charge is 0.339 e. The van der Waals surface area contributed by atoms with Crippen LogP contribution >= 0.6 is 0 Å². The quantitative estimate of drug-likeness (QED) is 0.842. The lowest BCUT2D eigenvalue weighted by Gasteiger charge is -2.35. The minimum atomic E-state index is -0.804. The van der Waals surface area contributed by atoms with Gasteiger partial charge in [-0.2, -0.15) is 0 Å². The molecule has 0 spiro atoms. The van der Waals surface area contributed by atoms with Crippen LogP contribution in [-0.2, 0) is 11.2 Å². The summed E-state index contributed by atoms with van der Waals surface area (Å²) < 4.78 is 39.4. The maximum absolute atomic E-state index is 13.3. The van der Waals surface area contributed by atoms with Gasteiger partial charge in [-0.25, -0.2) is 13.2 Å². The molecule has 1 aliphatic heterocycles. The van der Waals surface area contributed by atoms with Crippen LogP contribution in [0.25, 0.3) is 0 Å². The Morgan fingerprint density at radius 1 is 0.769 bits per heavy atom. The summed E-state index contributed by atoms with van der Waals surface area (Å²) in [5.41, 5.74) is 0.665. The summed E-state index contributed by atoms with van der Waals surface area (Å²) in [7, 11) is 0. The maximum atomic E-state index is 13.3. The molecule has 3 rings (SSSR count). The van der Waals surface area contributed by atoms with Crippen LogP contribution in [0, 0.1) is 17.5 Å². The first-order chi connectivity index (χ1) is 12.4. The summed E-state index contributed by atoms with van der Waals surface area (Å²) >= 11 is 0. The number of amides is 2. The molecule has 136 valence electrons. The molecule has 1 heterocycles. The first-order valence-corrected chi connectivity index (χ1v) is 8.20. The summed E-state index contributed by atoms with van der Waals surface area (Å²) in [6.07, 6.45) is 0.156. The van der Waals surface area contributed by atoms with Crippen LogP contribution in [0.15, 0.2) is 42.5 Å². The Labute approximate surface area is 148 Å². The van der Waals surface area contributed by atoms with E-state index in [1.54, 1.807) is 17.0 Å². The highest BCUT2D eigenvalue weighted by molar-refractivity contribution is 5.94. The average molecular weight is 362 g/mol. The van der Waals surface area contributed by atoms with E-state index in [1.165, 1.54) is 17.0 Å². The van der Waals surface area contributed by atoms with Gasteiger partial charge in [0, 0.05) is 37.8 Å². The Bertz CT molecular complexity index is 796. The fourth-order valence-electron chi connectivity index (χ4n) is 2.91. The molecule has 1 saturated heterocycles. The lowest BCUT2D eigenvalue weighted by Crippen LogP contribution is -2.51. The third-order valence-corrected chi connectivity index (χ3v) is 4.30. The van der Waals surface area contributed by atoms with Gasteiger partial charge in [0.15, 0.2) is 0 Å². The van der Waals surface area contributed by atoms with Gasteiger partial charge >= 0.3 is 0 Å². The number of halogens is 3. The van der Waals surface area contributed by atoms with E-state index in [2.05, 4.69) is 0 Å². The minimum Gasteiger partial charge on any atom is -0.339 e. The predicted molar refractivity (Wildman–Crippen MR) is 88.9 cm³/mol. The van der Waals surface area contributed by atoms with Crippen molar-refractivity contribution in [2.45, 2.75) is 6.42 Å². The Morgan fingerprint density at radius 2 is 1.31 bits per heavy atom. The molecule has 7 heteroatoms. The number of hydrogen-bond donors (Lipinski definition) is 0. The fraction of sp³-hybridized carbons (Fsp3) is 0.263. The van der Waals surface area contributed by atoms with Gasteiger partial charge in [-0.05, 0) is 29.8 Å². The number of hydrogen-bond acceptors (Lipinski definition) is 2. The molecule has 26 heavy (non-hydrogen) atoms.